The van der Waals surface area contributed by atoms with Crippen molar-refractivity contribution in [3.8, 4) is 0 Å². The third kappa shape index (κ3) is 3.11. The standard InChI is InChI=1S/C14H18FNO3/c15-11-6-2-1-5-10(11)12(17)9-16-13(18)14(19)7-3-4-8-14/h1-2,5-6,12,17,19H,3-4,7-9H2,(H,16,18). The van der Waals surface area contributed by atoms with Crippen LogP contribution in [0.15, 0.2) is 24.3 Å². The maximum atomic E-state index is 13.4. The van der Waals surface area contributed by atoms with E-state index in [1.807, 2.05) is 0 Å². The largest absolute Gasteiger partial charge is 0.386 e. The average molecular weight is 267 g/mol. The molecule has 19 heavy (non-hydrogen) atoms. The highest BCUT2D eigenvalue weighted by Crippen LogP contribution is 2.29. The summed E-state index contributed by atoms with van der Waals surface area (Å²) in [6.07, 6.45) is 1.40. The molecular formula is C14H18FNO3. The third-order valence-electron chi connectivity index (χ3n) is 3.57. The maximum Gasteiger partial charge on any atom is 0.252 e. The Bertz CT molecular complexity index is 458. The fourth-order valence-electron chi connectivity index (χ4n) is 2.40. The minimum Gasteiger partial charge on any atom is -0.386 e. The minimum atomic E-state index is -1.32. The first-order valence-electron chi connectivity index (χ1n) is 6.46. The molecule has 4 nitrogen and oxygen atoms in total. The Hall–Kier alpha value is -1.46. The molecule has 1 aromatic rings. The zero-order valence-corrected chi connectivity index (χ0v) is 10.6. The van der Waals surface area contributed by atoms with E-state index in [1.165, 1.54) is 18.2 Å². The molecule has 1 aromatic carbocycles. The molecule has 104 valence electrons. The number of benzene rings is 1. The van der Waals surface area contributed by atoms with Gasteiger partial charge in [-0.25, -0.2) is 4.39 Å². The van der Waals surface area contributed by atoms with E-state index in [0.29, 0.717) is 12.8 Å². The molecule has 1 aliphatic carbocycles. The van der Waals surface area contributed by atoms with Crippen molar-refractivity contribution >= 4 is 5.91 Å². The summed E-state index contributed by atoms with van der Waals surface area (Å²) in [5.41, 5.74) is -1.18. The predicted octanol–water partition coefficient (Wildman–Crippen LogP) is 1.28. The van der Waals surface area contributed by atoms with E-state index < -0.39 is 23.4 Å². The lowest BCUT2D eigenvalue weighted by atomic mass is 10.0. The van der Waals surface area contributed by atoms with Gasteiger partial charge in [0, 0.05) is 12.1 Å². The highest BCUT2D eigenvalue weighted by molar-refractivity contribution is 5.85. The van der Waals surface area contributed by atoms with E-state index >= 15 is 0 Å². The molecule has 1 aliphatic rings. The van der Waals surface area contributed by atoms with Crippen molar-refractivity contribution in [3.05, 3.63) is 35.6 Å². The van der Waals surface area contributed by atoms with Crippen molar-refractivity contribution in [1.29, 1.82) is 0 Å². The van der Waals surface area contributed by atoms with Crippen LogP contribution in [0.5, 0.6) is 0 Å². The maximum absolute atomic E-state index is 13.4. The van der Waals surface area contributed by atoms with Crippen LogP contribution in [0.25, 0.3) is 0 Å². The van der Waals surface area contributed by atoms with E-state index in [0.717, 1.165) is 12.8 Å². The van der Waals surface area contributed by atoms with Crippen molar-refractivity contribution < 1.29 is 19.4 Å². The summed E-state index contributed by atoms with van der Waals surface area (Å²) < 4.78 is 13.4. The first-order valence-corrected chi connectivity index (χ1v) is 6.46. The minimum absolute atomic E-state index is 0.109. The lowest BCUT2D eigenvalue weighted by molar-refractivity contribution is -0.139. The molecule has 2 rings (SSSR count). The number of hydrogen-bond acceptors (Lipinski definition) is 3. The number of hydrogen-bond donors (Lipinski definition) is 3. The molecule has 0 saturated heterocycles. The fraction of sp³-hybridized carbons (Fsp3) is 0.500. The van der Waals surface area contributed by atoms with Gasteiger partial charge in [-0.3, -0.25) is 4.79 Å². The van der Waals surface area contributed by atoms with Crippen molar-refractivity contribution in [1.82, 2.24) is 5.32 Å². The normalized spacial score (nSPS) is 19.1. The molecule has 1 unspecified atom stereocenters. The number of rotatable bonds is 4. The van der Waals surface area contributed by atoms with Crippen molar-refractivity contribution in [2.45, 2.75) is 37.4 Å². The molecule has 1 saturated carbocycles. The van der Waals surface area contributed by atoms with Crippen molar-refractivity contribution in [2.24, 2.45) is 0 Å². The van der Waals surface area contributed by atoms with Crippen LogP contribution in [-0.2, 0) is 4.79 Å². The second-order valence-corrected chi connectivity index (χ2v) is 4.99. The van der Waals surface area contributed by atoms with Gasteiger partial charge in [-0.05, 0) is 31.7 Å². The van der Waals surface area contributed by atoms with Crippen LogP contribution in [0.1, 0.15) is 37.4 Å². The molecule has 5 heteroatoms. The quantitative estimate of drug-likeness (QED) is 0.769. The fourth-order valence-corrected chi connectivity index (χ4v) is 2.40. The first kappa shape index (κ1) is 14.0. The molecule has 0 aliphatic heterocycles. The second kappa shape index (κ2) is 5.67. The summed E-state index contributed by atoms with van der Waals surface area (Å²) in [7, 11) is 0. The summed E-state index contributed by atoms with van der Waals surface area (Å²) in [5.74, 6) is -0.996. The zero-order chi connectivity index (χ0) is 13.9. The molecule has 0 heterocycles. The molecule has 0 bridgehead atoms. The van der Waals surface area contributed by atoms with Crippen LogP contribution >= 0.6 is 0 Å². The van der Waals surface area contributed by atoms with Gasteiger partial charge in [-0.1, -0.05) is 18.2 Å². The van der Waals surface area contributed by atoms with Crippen LogP contribution in [0.2, 0.25) is 0 Å². The number of aliphatic hydroxyl groups excluding tert-OH is 1. The Labute approximate surface area is 111 Å². The van der Waals surface area contributed by atoms with Gasteiger partial charge in [0.25, 0.3) is 5.91 Å². The van der Waals surface area contributed by atoms with E-state index in [9.17, 15) is 19.4 Å². The van der Waals surface area contributed by atoms with Crippen LogP contribution < -0.4 is 5.32 Å². The van der Waals surface area contributed by atoms with Gasteiger partial charge >= 0.3 is 0 Å². The van der Waals surface area contributed by atoms with Gasteiger partial charge in [-0.2, -0.15) is 0 Å². The Morgan fingerprint density at radius 1 is 1.37 bits per heavy atom. The number of halogens is 1. The van der Waals surface area contributed by atoms with Crippen molar-refractivity contribution in [2.75, 3.05) is 6.54 Å². The van der Waals surface area contributed by atoms with E-state index in [4.69, 9.17) is 0 Å². The summed E-state index contributed by atoms with van der Waals surface area (Å²) >= 11 is 0. The summed E-state index contributed by atoms with van der Waals surface area (Å²) in [4.78, 5) is 11.8. The Kier molecular flexibility index (Phi) is 4.17. The van der Waals surface area contributed by atoms with Gasteiger partial charge in [0.2, 0.25) is 0 Å². The van der Waals surface area contributed by atoms with Gasteiger partial charge in [0.05, 0.1) is 6.10 Å². The molecule has 0 spiro atoms. The SMILES string of the molecule is O=C(NCC(O)c1ccccc1F)C1(O)CCCC1. The van der Waals surface area contributed by atoms with E-state index in [2.05, 4.69) is 5.32 Å². The van der Waals surface area contributed by atoms with Crippen LogP contribution in [0.4, 0.5) is 4.39 Å². The number of carbonyl (C=O) groups is 1. The molecule has 1 atom stereocenters. The Morgan fingerprint density at radius 2 is 2.00 bits per heavy atom. The average Bonchev–Trinajstić information content (AvgIpc) is 2.84. The molecule has 3 N–H and O–H groups in total. The van der Waals surface area contributed by atoms with E-state index in [-0.39, 0.29) is 12.1 Å². The van der Waals surface area contributed by atoms with Gasteiger partial charge < -0.3 is 15.5 Å². The topological polar surface area (TPSA) is 69.6 Å². The zero-order valence-electron chi connectivity index (χ0n) is 10.6. The number of amides is 1. The molecular weight excluding hydrogens is 249 g/mol. The predicted molar refractivity (Wildman–Crippen MR) is 67.8 cm³/mol. The van der Waals surface area contributed by atoms with Gasteiger partial charge in [0.1, 0.15) is 11.4 Å². The summed E-state index contributed by atoms with van der Waals surface area (Å²) in [6.45, 7) is -0.109. The third-order valence-corrected chi connectivity index (χ3v) is 3.57. The lowest BCUT2D eigenvalue weighted by Crippen LogP contribution is -2.45. The number of aliphatic hydroxyl groups is 2. The number of carbonyl (C=O) groups excluding carboxylic acids is 1. The molecule has 1 fully saturated rings. The Balaban J connectivity index is 1.92. The second-order valence-electron chi connectivity index (χ2n) is 4.99. The van der Waals surface area contributed by atoms with Crippen LogP contribution in [-0.4, -0.2) is 28.3 Å². The summed E-state index contributed by atoms with van der Waals surface area (Å²) in [6, 6.07) is 5.88. The van der Waals surface area contributed by atoms with E-state index in [1.54, 1.807) is 6.07 Å². The summed E-state index contributed by atoms with van der Waals surface area (Å²) in [5, 5.41) is 22.4. The van der Waals surface area contributed by atoms with Gasteiger partial charge in [0.15, 0.2) is 0 Å². The highest BCUT2D eigenvalue weighted by atomic mass is 19.1. The highest BCUT2D eigenvalue weighted by Gasteiger charge is 2.38. The Morgan fingerprint density at radius 3 is 2.63 bits per heavy atom. The molecule has 0 radical (unpaired) electrons. The number of nitrogens with one attached hydrogen (secondary N) is 1. The molecule has 1 amide bonds. The lowest BCUT2D eigenvalue weighted by Gasteiger charge is -2.22. The van der Waals surface area contributed by atoms with Crippen molar-refractivity contribution in [3.63, 3.8) is 0 Å². The van der Waals surface area contributed by atoms with Gasteiger partial charge in [-0.15, -0.1) is 0 Å². The smallest absolute Gasteiger partial charge is 0.252 e. The molecule has 0 aromatic heterocycles. The first-order chi connectivity index (χ1) is 9.03. The van der Waals surface area contributed by atoms with Crippen LogP contribution in [0.3, 0.4) is 0 Å². The van der Waals surface area contributed by atoms with Crippen LogP contribution in [0, 0.1) is 5.82 Å². The monoisotopic (exact) mass is 267 g/mol.